The molecule has 2 aromatic rings. The topological polar surface area (TPSA) is 81.7 Å². The molecule has 0 spiro atoms. The van der Waals surface area contributed by atoms with Crippen molar-refractivity contribution in [2.75, 3.05) is 5.32 Å². The Morgan fingerprint density at radius 1 is 1.21 bits per heavy atom. The van der Waals surface area contributed by atoms with E-state index in [1.54, 1.807) is 18.3 Å². The number of benzene rings is 1. The zero-order valence-corrected chi connectivity index (χ0v) is 13.3. The van der Waals surface area contributed by atoms with E-state index in [-0.39, 0.29) is 5.57 Å². The number of hydrogen-bond acceptors (Lipinski definition) is 5. The minimum Gasteiger partial charge on any atom is -0.437 e. The number of aryl methyl sites for hydroxylation is 1. The minimum atomic E-state index is -0.0129. The van der Waals surface area contributed by atoms with Crippen molar-refractivity contribution in [3.05, 3.63) is 58.9 Å². The molecule has 0 atom stereocenters. The average Bonchev–Trinajstić information content (AvgIpc) is 3.10. The summed E-state index contributed by atoms with van der Waals surface area (Å²) in [7, 11) is 0. The fraction of sp³-hybridized carbons (Fsp3) is 0.211. The second kappa shape index (κ2) is 6.85. The summed E-state index contributed by atoms with van der Waals surface area (Å²) in [6, 6.07) is 11.2. The third kappa shape index (κ3) is 3.06. The van der Waals surface area contributed by atoms with Gasteiger partial charge in [0.05, 0.1) is 0 Å². The van der Waals surface area contributed by atoms with E-state index in [0.717, 1.165) is 25.0 Å². The standard InChI is InChI=1S/C19H16N4O/c1-13-7-8-18(16-5-2-4-15(13)16)24-19-17(6-3-9-22-19)23-12-14(10-20)11-21/h3,6-9,12,23H,2,4-5H2,1H3. The Morgan fingerprint density at radius 2 is 2.00 bits per heavy atom. The van der Waals surface area contributed by atoms with Gasteiger partial charge in [0, 0.05) is 12.4 Å². The molecule has 24 heavy (non-hydrogen) atoms. The van der Waals surface area contributed by atoms with Crippen LogP contribution in [-0.2, 0) is 12.8 Å². The van der Waals surface area contributed by atoms with Crippen molar-refractivity contribution in [3.8, 4) is 23.8 Å². The normalized spacial score (nSPS) is 11.8. The smallest absolute Gasteiger partial charge is 0.243 e. The molecule has 0 bridgehead atoms. The maximum atomic E-state index is 8.81. The van der Waals surface area contributed by atoms with Gasteiger partial charge in [-0.2, -0.15) is 10.5 Å². The lowest BCUT2D eigenvalue weighted by molar-refractivity contribution is 0.460. The molecule has 0 saturated heterocycles. The highest BCUT2D eigenvalue weighted by Crippen LogP contribution is 2.36. The van der Waals surface area contributed by atoms with Crippen LogP contribution in [0.1, 0.15) is 23.1 Å². The predicted molar refractivity (Wildman–Crippen MR) is 90.4 cm³/mol. The fourth-order valence-electron chi connectivity index (χ4n) is 2.87. The van der Waals surface area contributed by atoms with Gasteiger partial charge >= 0.3 is 0 Å². The van der Waals surface area contributed by atoms with Crippen molar-refractivity contribution in [1.29, 1.82) is 10.5 Å². The largest absolute Gasteiger partial charge is 0.437 e. The first-order chi connectivity index (χ1) is 11.7. The Labute approximate surface area is 140 Å². The van der Waals surface area contributed by atoms with Gasteiger partial charge in [-0.05, 0) is 61.1 Å². The predicted octanol–water partition coefficient (Wildman–Crippen LogP) is 4.01. The van der Waals surface area contributed by atoms with E-state index in [9.17, 15) is 0 Å². The van der Waals surface area contributed by atoms with E-state index in [1.165, 1.54) is 22.9 Å². The molecule has 0 radical (unpaired) electrons. The van der Waals surface area contributed by atoms with E-state index < -0.39 is 0 Å². The van der Waals surface area contributed by atoms with E-state index in [0.29, 0.717) is 11.6 Å². The van der Waals surface area contributed by atoms with E-state index >= 15 is 0 Å². The second-order valence-corrected chi connectivity index (χ2v) is 5.58. The number of anilines is 1. The number of ether oxygens (including phenoxy) is 1. The SMILES string of the molecule is Cc1ccc(Oc2ncccc2NC=C(C#N)C#N)c2c1CCC2. The van der Waals surface area contributed by atoms with Crippen molar-refractivity contribution in [2.45, 2.75) is 26.2 Å². The van der Waals surface area contributed by atoms with Crippen LogP contribution < -0.4 is 10.1 Å². The Bertz CT molecular complexity index is 871. The second-order valence-electron chi connectivity index (χ2n) is 5.58. The lowest BCUT2D eigenvalue weighted by atomic mass is 10.0. The van der Waals surface area contributed by atoms with Gasteiger partial charge in [0.25, 0.3) is 0 Å². The molecule has 0 fully saturated rings. The summed E-state index contributed by atoms with van der Waals surface area (Å²) in [5.41, 5.74) is 4.50. The van der Waals surface area contributed by atoms with Gasteiger partial charge in [-0.15, -0.1) is 0 Å². The fourth-order valence-corrected chi connectivity index (χ4v) is 2.87. The van der Waals surface area contributed by atoms with Gasteiger partial charge < -0.3 is 10.1 Å². The van der Waals surface area contributed by atoms with E-state index in [2.05, 4.69) is 23.3 Å². The highest BCUT2D eigenvalue weighted by atomic mass is 16.5. The first-order valence-corrected chi connectivity index (χ1v) is 7.74. The Hall–Kier alpha value is -3.31. The number of aromatic nitrogens is 1. The molecule has 1 N–H and O–H groups in total. The summed E-state index contributed by atoms with van der Waals surface area (Å²) in [6.45, 7) is 2.12. The summed E-state index contributed by atoms with van der Waals surface area (Å²) < 4.78 is 6.04. The molecule has 1 heterocycles. The van der Waals surface area contributed by atoms with Gasteiger partial charge in [-0.3, -0.25) is 0 Å². The third-order valence-corrected chi connectivity index (χ3v) is 4.07. The Balaban J connectivity index is 1.90. The maximum Gasteiger partial charge on any atom is 0.243 e. The van der Waals surface area contributed by atoms with E-state index in [4.69, 9.17) is 15.3 Å². The molecule has 1 aliphatic carbocycles. The average molecular weight is 316 g/mol. The van der Waals surface area contributed by atoms with Crippen LogP contribution in [0.5, 0.6) is 11.6 Å². The molecule has 0 saturated carbocycles. The molecule has 1 aliphatic rings. The van der Waals surface area contributed by atoms with Gasteiger partial charge in [0.1, 0.15) is 29.1 Å². The lowest BCUT2D eigenvalue weighted by Crippen LogP contribution is -1.99. The number of fused-ring (bicyclic) bond motifs is 1. The van der Waals surface area contributed by atoms with Crippen LogP contribution in [0.4, 0.5) is 5.69 Å². The molecule has 118 valence electrons. The highest BCUT2D eigenvalue weighted by Gasteiger charge is 2.19. The summed E-state index contributed by atoms with van der Waals surface area (Å²) in [5, 5.41) is 20.5. The van der Waals surface area contributed by atoms with Crippen molar-refractivity contribution in [2.24, 2.45) is 0 Å². The van der Waals surface area contributed by atoms with Crippen LogP contribution in [0.2, 0.25) is 0 Å². The van der Waals surface area contributed by atoms with Crippen LogP contribution in [-0.4, -0.2) is 4.98 Å². The van der Waals surface area contributed by atoms with Crippen LogP contribution in [0.15, 0.2) is 42.2 Å². The summed E-state index contributed by atoms with van der Waals surface area (Å²) in [5.74, 6) is 1.24. The van der Waals surface area contributed by atoms with Gasteiger partial charge in [-0.1, -0.05) is 6.07 Å². The summed E-state index contributed by atoms with van der Waals surface area (Å²) in [4.78, 5) is 4.27. The molecular formula is C19H16N4O. The van der Waals surface area contributed by atoms with Gasteiger partial charge in [-0.25, -0.2) is 4.98 Å². The third-order valence-electron chi connectivity index (χ3n) is 4.07. The van der Waals surface area contributed by atoms with Crippen molar-refractivity contribution in [1.82, 2.24) is 4.98 Å². The van der Waals surface area contributed by atoms with Crippen molar-refractivity contribution >= 4 is 5.69 Å². The molecule has 0 amide bonds. The molecular weight excluding hydrogens is 300 g/mol. The number of nitriles is 2. The zero-order chi connectivity index (χ0) is 16.9. The maximum absolute atomic E-state index is 8.81. The van der Waals surface area contributed by atoms with Crippen LogP contribution in [0, 0.1) is 29.6 Å². The zero-order valence-electron chi connectivity index (χ0n) is 13.3. The molecule has 1 aromatic heterocycles. The lowest BCUT2D eigenvalue weighted by Gasteiger charge is -2.14. The van der Waals surface area contributed by atoms with Crippen molar-refractivity contribution in [3.63, 3.8) is 0 Å². The molecule has 0 unspecified atom stereocenters. The number of pyridine rings is 1. The van der Waals surface area contributed by atoms with E-state index in [1.807, 2.05) is 18.2 Å². The van der Waals surface area contributed by atoms with Crippen LogP contribution in [0.3, 0.4) is 0 Å². The van der Waals surface area contributed by atoms with Crippen LogP contribution >= 0.6 is 0 Å². The monoisotopic (exact) mass is 316 g/mol. The molecule has 3 rings (SSSR count). The summed E-state index contributed by atoms with van der Waals surface area (Å²) in [6.07, 6.45) is 6.23. The number of hydrogen-bond donors (Lipinski definition) is 1. The molecule has 1 aromatic carbocycles. The number of nitrogens with one attached hydrogen (secondary N) is 1. The number of nitrogens with zero attached hydrogens (tertiary/aromatic N) is 3. The first kappa shape index (κ1) is 15.6. The van der Waals surface area contributed by atoms with Gasteiger partial charge in [0.15, 0.2) is 0 Å². The number of allylic oxidation sites excluding steroid dienone is 1. The van der Waals surface area contributed by atoms with Crippen molar-refractivity contribution < 1.29 is 4.74 Å². The van der Waals surface area contributed by atoms with Crippen LogP contribution in [0.25, 0.3) is 0 Å². The summed E-state index contributed by atoms with van der Waals surface area (Å²) >= 11 is 0. The molecule has 5 heteroatoms. The Morgan fingerprint density at radius 3 is 2.79 bits per heavy atom. The minimum absolute atomic E-state index is 0.0129. The van der Waals surface area contributed by atoms with Gasteiger partial charge in [0.2, 0.25) is 5.88 Å². The quantitative estimate of drug-likeness (QED) is 0.862. The first-order valence-electron chi connectivity index (χ1n) is 7.74. The molecule has 5 nitrogen and oxygen atoms in total. The number of rotatable bonds is 4. The molecule has 0 aliphatic heterocycles. The Kier molecular flexibility index (Phi) is 4.45. The highest BCUT2D eigenvalue weighted by molar-refractivity contribution is 5.58.